The second-order valence-corrected chi connectivity index (χ2v) is 3.57. The normalized spacial score (nSPS) is 10.3. The first-order chi connectivity index (χ1) is 8.10. The zero-order chi connectivity index (χ0) is 12.4. The molecular formula is C12H11FN2O2. The smallest absolute Gasteiger partial charge is 0.251 e. The van der Waals surface area contributed by atoms with Gasteiger partial charge in [-0.25, -0.2) is 9.37 Å². The van der Waals surface area contributed by atoms with E-state index in [0.717, 1.165) is 0 Å². The van der Waals surface area contributed by atoms with E-state index in [4.69, 9.17) is 4.74 Å². The topological polar surface area (TPSA) is 55.0 Å². The van der Waals surface area contributed by atoms with E-state index in [1.54, 1.807) is 13.0 Å². The monoisotopic (exact) mass is 234 g/mol. The Balaban J connectivity index is 2.53. The van der Waals surface area contributed by atoms with E-state index in [1.807, 2.05) is 0 Å². The van der Waals surface area contributed by atoms with Crippen LogP contribution in [0.4, 0.5) is 4.39 Å². The number of aryl methyl sites for hydroxylation is 1. The number of halogens is 1. The Morgan fingerprint density at radius 1 is 1.35 bits per heavy atom. The number of methoxy groups -OCH3 is 1. The Bertz CT molecular complexity index is 608. The lowest BCUT2D eigenvalue weighted by Crippen LogP contribution is -2.08. The van der Waals surface area contributed by atoms with E-state index in [9.17, 15) is 9.18 Å². The van der Waals surface area contributed by atoms with Crippen molar-refractivity contribution >= 4 is 0 Å². The molecule has 1 N–H and O–H groups in total. The summed E-state index contributed by atoms with van der Waals surface area (Å²) >= 11 is 0. The largest absolute Gasteiger partial charge is 0.494 e. The van der Waals surface area contributed by atoms with E-state index >= 15 is 0 Å². The maximum atomic E-state index is 13.5. The first-order valence-corrected chi connectivity index (χ1v) is 5.02. The van der Waals surface area contributed by atoms with Crippen LogP contribution in [0, 0.1) is 12.7 Å². The molecule has 4 nitrogen and oxygen atoms in total. The highest BCUT2D eigenvalue weighted by Crippen LogP contribution is 2.23. The number of hydrogen-bond acceptors (Lipinski definition) is 3. The molecule has 88 valence electrons. The molecule has 2 rings (SSSR count). The number of aromatic nitrogens is 2. The van der Waals surface area contributed by atoms with Gasteiger partial charge in [0.25, 0.3) is 5.56 Å². The van der Waals surface area contributed by atoms with E-state index < -0.39 is 5.82 Å². The van der Waals surface area contributed by atoms with Crippen LogP contribution in [-0.4, -0.2) is 17.1 Å². The van der Waals surface area contributed by atoms with Gasteiger partial charge in [0.1, 0.15) is 5.82 Å². The quantitative estimate of drug-likeness (QED) is 0.863. The summed E-state index contributed by atoms with van der Waals surface area (Å²) in [5.41, 5.74) is 0.717. The Hall–Kier alpha value is -2.17. The van der Waals surface area contributed by atoms with Crippen LogP contribution < -0.4 is 10.3 Å². The molecular weight excluding hydrogens is 223 g/mol. The van der Waals surface area contributed by atoms with Gasteiger partial charge >= 0.3 is 0 Å². The Morgan fingerprint density at radius 3 is 2.71 bits per heavy atom. The number of nitrogens with one attached hydrogen (secondary N) is 1. The second-order valence-electron chi connectivity index (χ2n) is 3.57. The van der Waals surface area contributed by atoms with Crippen LogP contribution in [0.1, 0.15) is 5.82 Å². The number of H-pyrrole nitrogens is 1. The van der Waals surface area contributed by atoms with Gasteiger partial charge in [-0.1, -0.05) is 0 Å². The number of hydrogen-bond donors (Lipinski definition) is 1. The van der Waals surface area contributed by atoms with Crippen LogP contribution in [0.15, 0.2) is 29.1 Å². The maximum Gasteiger partial charge on any atom is 0.251 e. The molecule has 2 aromatic rings. The summed E-state index contributed by atoms with van der Waals surface area (Å²) in [6.07, 6.45) is 0. The second kappa shape index (κ2) is 4.37. The van der Waals surface area contributed by atoms with Crippen LogP contribution in [-0.2, 0) is 0 Å². The van der Waals surface area contributed by atoms with Crippen molar-refractivity contribution in [2.75, 3.05) is 7.11 Å². The highest BCUT2D eigenvalue weighted by atomic mass is 19.1. The van der Waals surface area contributed by atoms with Gasteiger partial charge in [0.2, 0.25) is 0 Å². The van der Waals surface area contributed by atoms with Crippen LogP contribution in [0.3, 0.4) is 0 Å². The minimum Gasteiger partial charge on any atom is -0.494 e. The summed E-state index contributed by atoms with van der Waals surface area (Å²) in [4.78, 5) is 17.9. The standard InChI is InChI=1S/C12H11FN2O2/c1-7-14-10(6-12(16)15-7)8-3-4-11(17-2)9(13)5-8/h3-6H,1-2H3,(H,14,15,16). The molecule has 1 aromatic heterocycles. The molecule has 1 heterocycles. The zero-order valence-corrected chi connectivity index (χ0v) is 9.45. The number of rotatable bonds is 2. The molecule has 5 heteroatoms. The summed E-state index contributed by atoms with van der Waals surface area (Å²) in [6, 6.07) is 5.78. The summed E-state index contributed by atoms with van der Waals surface area (Å²) < 4.78 is 18.3. The highest BCUT2D eigenvalue weighted by molar-refractivity contribution is 5.60. The van der Waals surface area contributed by atoms with Crippen LogP contribution in [0.5, 0.6) is 5.75 Å². The van der Waals surface area contributed by atoms with Gasteiger partial charge in [-0.2, -0.15) is 0 Å². The Labute approximate surface area is 97.1 Å². The van der Waals surface area contributed by atoms with Gasteiger partial charge in [0.05, 0.1) is 12.8 Å². The molecule has 0 saturated heterocycles. The Morgan fingerprint density at radius 2 is 2.12 bits per heavy atom. The number of ether oxygens (including phenoxy) is 1. The molecule has 17 heavy (non-hydrogen) atoms. The van der Waals surface area contributed by atoms with Gasteiger partial charge in [-0.15, -0.1) is 0 Å². The van der Waals surface area contributed by atoms with E-state index in [1.165, 1.54) is 25.3 Å². The number of benzene rings is 1. The van der Waals surface area contributed by atoms with E-state index in [-0.39, 0.29) is 11.3 Å². The van der Waals surface area contributed by atoms with Crippen LogP contribution >= 0.6 is 0 Å². The third-order valence-electron chi connectivity index (χ3n) is 2.31. The van der Waals surface area contributed by atoms with Crippen molar-refractivity contribution in [3.05, 3.63) is 46.3 Å². The SMILES string of the molecule is COc1ccc(-c2cc(=O)[nH]c(C)n2)cc1F. The average molecular weight is 234 g/mol. The first kappa shape index (κ1) is 11.3. The van der Waals surface area contributed by atoms with Gasteiger partial charge in [0.15, 0.2) is 11.6 Å². The van der Waals surface area contributed by atoms with Crippen LogP contribution in [0.25, 0.3) is 11.3 Å². The van der Waals surface area contributed by atoms with Gasteiger partial charge in [0, 0.05) is 11.6 Å². The highest BCUT2D eigenvalue weighted by Gasteiger charge is 2.07. The van der Waals surface area contributed by atoms with Gasteiger partial charge in [-0.3, -0.25) is 4.79 Å². The van der Waals surface area contributed by atoms with Gasteiger partial charge in [-0.05, 0) is 25.1 Å². The lowest BCUT2D eigenvalue weighted by Gasteiger charge is -2.05. The third kappa shape index (κ3) is 2.33. The van der Waals surface area contributed by atoms with Crippen LogP contribution in [0.2, 0.25) is 0 Å². The predicted octanol–water partition coefficient (Wildman–Crippen LogP) is 1.89. The number of nitrogens with zero attached hydrogens (tertiary/aromatic N) is 1. The maximum absolute atomic E-state index is 13.5. The minimum absolute atomic E-state index is 0.162. The summed E-state index contributed by atoms with van der Waals surface area (Å²) in [7, 11) is 1.40. The molecule has 0 fully saturated rings. The molecule has 0 bridgehead atoms. The molecule has 0 aliphatic rings. The zero-order valence-electron chi connectivity index (χ0n) is 9.45. The minimum atomic E-state index is -0.482. The first-order valence-electron chi connectivity index (χ1n) is 5.02. The average Bonchev–Trinajstić information content (AvgIpc) is 2.27. The van der Waals surface area contributed by atoms with E-state index in [0.29, 0.717) is 17.1 Å². The fourth-order valence-electron chi connectivity index (χ4n) is 1.55. The molecule has 0 saturated carbocycles. The predicted molar refractivity (Wildman–Crippen MR) is 61.5 cm³/mol. The molecule has 0 atom stereocenters. The van der Waals surface area contributed by atoms with Crippen molar-refractivity contribution in [1.29, 1.82) is 0 Å². The summed E-state index contributed by atoms with van der Waals surface area (Å²) in [6.45, 7) is 1.67. The summed E-state index contributed by atoms with van der Waals surface area (Å²) in [5.74, 6) is 0.170. The summed E-state index contributed by atoms with van der Waals surface area (Å²) in [5, 5.41) is 0. The van der Waals surface area contributed by atoms with Crippen molar-refractivity contribution in [3.63, 3.8) is 0 Å². The number of aromatic amines is 1. The third-order valence-corrected chi connectivity index (χ3v) is 2.31. The fraction of sp³-hybridized carbons (Fsp3) is 0.167. The lowest BCUT2D eigenvalue weighted by molar-refractivity contribution is 0.386. The molecule has 0 aliphatic heterocycles. The van der Waals surface area contributed by atoms with E-state index in [2.05, 4.69) is 9.97 Å². The molecule has 1 aromatic carbocycles. The lowest BCUT2D eigenvalue weighted by atomic mass is 10.1. The molecule has 0 amide bonds. The van der Waals surface area contributed by atoms with Gasteiger partial charge < -0.3 is 9.72 Å². The van der Waals surface area contributed by atoms with Crippen molar-refractivity contribution in [2.45, 2.75) is 6.92 Å². The van der Waals surface area contributed by atoms with Crippen molar-refractivity contribution in [3.8, 4) is 17.0 Å². The molecule has 0 unspecified atom stereocenters. The molecule has 0 aliphatic carbocycles. The Kier molecular flexibility index (Phi) is 2.91. The fourth-order valence-corrected chi connectivity index (χ4v) is 1.55. The molecule has 0 spiro atoms. The van der Waals surface area contributed by atoms with Crippen molar-refractivity contribution in [1.82, 2.24) is 9.97 Å². The van der Waals surface area contributed by atoms with Crippen molar-refractivity contribution < 1.29 is 9.13 Å². The van der Waals surface area contributed by atoms with Crippen molar-refractivity contribution in [2.24, 2.45) is 0 Å². The molecule has 0 radical (unpaired) electrons.